The van der Waals surface area contributed by atoms with Gasteiger partial charge in [-0.2, -0.15) is 0 Å². The summed E-state index contributed by atoms with van der Waals surface area (Å²) in [6.45, 7) is 0.408. The van der Waals surface area contributed by atoms with E-state index in [1.807, 2.05) is 12.1 Å². The molecule has 6 heteroatoms. The van der Waals surface area contributed by atoms with Gasteiger partial charge in [-0.15, -0.1) is 0 Å². The molecule has 0 spiro atoms. The number of hydrogen-bond donors (Lipinski definition) is 2. The number of carbonyl (C=O) groups excluding carboxylic acids is 2. The Balaban J connectivity index is 1.61. The van der Waals surface area contributed by atoms with Crippen LogP contribution in [-0.2, 0) is 6.61 Å². The fourth-order valence-electron chi connectivity index (χ4n) is 2.44. The second kappa shape index (κ2) is 8.62. The van der Waals surface area contributed by atoms with Crippen LogP contribution in [0.4, 0.5) is 5.69 Å². The lowest BCUT2D eigenvalue weighted by molar-refractivity contribution is 0.0961. The second-order valence-electron chi connectivity index (χ2n) is 5.79. The molecule has 1 heterocycles. The molecule has 0 atom stereocenters. The summed E-state index contributed by atoms with van der Waals surface area (Å²) in [4.78, 5) is 28.1. The van der Waals surface area contributed by atoms with Gasteiger partial charge in [-0.3, -0.25) is 14.6 Å². The lowest BCUT2D eigenvalue weighted by Gasteiger charge is -2.09. The molecule has 0 radical (unpaired) electrons. The maximum atomic E-state index is 12.4. The molecule has 0 fully saturated rings. The van der Waals surface area contributed by atoms with E-state index < -0.39 is 0 Å². The highest BCUT2D eigenvalue weighted by atomic mass is 16.5. The number of amides is 2. The number of nitrogens with zero attached hydrogens (tertiary/aromatic N) is 1. The van der Waals surface area contributed by atoms with Gasteiger partial charge in [0.15, 0.2) is 0 Å². The number of carbonyl (C=O) groups is 2. The minimum atomic E-state index is -0.261. The first-order valence-electron chi connectivity index (χ1n) is 8.41. The summed E-state index contributed by atoms with van der Waals surface area (Å²) >= 11 is 0. The zero-order chi connectivity index (χ0) is 19.1. The van der Waals surface area contributed by atoms with E-state index in [1.165, 1.54) is 0 Å². The molecule has 2 N–H and O–H groups in total. The Morgan fingerprint density at radius 2 is 1.78 bits per heavy atom. The molecule has 0 aliphatic rings. The average Bonchev–Trinajstić information content (AvgIpc) is 2.73. The first kappa shape index (κ1) is 18.1. The molecule has 0 bridgehead atoms. The smallest absolute Gasteiger partial charge is 0.255 e. The van der Waals surface area contributed by atoms with Crippen LogP contribution >= 0.6 is 0 Å². The molecule has 0 saturated heterocycles. The lowest BCUT2D eigenvalue weighted by atomic mass is 10.1. The highest BCUT2D eigenvalue weighted by Gasteiger charge is 2.09. The molecular formula is C21H19N3O3. The molecule has 1 aromatic heterocycles. The third-order valence-electron chi connectivity index (χ3n) is 3.85. The minimum absolute atomic E-state index is 0.207. The summed E-state index contributed by atoms with van der Waals surface area (Å²) in [6, 6.07) is 17.4. The maximum Gasteiger partial charge on any atom is 0.255 e. The van der Waals surface area contributed by atoms with E-state index in [9.17, 15) is 9.59 Å². The number of pyridine rings is 1. The quantitative estimate of drug-likeness (QED) is 0.706. The van der Waals surface area contributed by atoms with Gasteiger partial charge in [0.05, 0.1) is 0 Å². The topological polar surface area (TPSA) is 80.3 Å². The van der Waals surface area contributed by atoms with Crippen LogP contribution in [0.15, 0.2) is 73.1 Å². The highest BCUT2D eigenvalue weighted by molar-refractivity contribution is 6.05. The number of aromatic nitrogens is 1. The van der Waals surface area contributed by atoms with Crippen LogP contribution in [0.1, 0.15) is 26.3 Å². The average molecular weight is 361 g/mol. The molecule has 3 rings (SSSR count). The molecular weight excluding hydrogens is 342 g/mol. The molecule has 2 aromatic carbocycles. The maximum absolute atomic E-state index is 12.4. The predicted molar refractivity (Wildman–Crippen MR) is 103 cm³/mol. The van der Waals surface area contributed by atoms with Gasteiger partial charge in [0.2, 0.25) is 0 Å². The van der Waals surface area contributed by atoms with Crippen LogP contribution in [0.2, 0.25) is 0 Å². The molecule has 6 nitrogen and oxygen atoms in total. The van der Waals surface area contributed by atoms with Crippen molar-refractivity contribution in [3.8, 4) is 5.75 Å². The lowest BCUT2D eigenvalue weighted by Crippen LogP contribution is -2.18. The van der Waals surface area contributed by atoms with Crippen molar-refractivity contribution in [2.24, 2.45) is 0 Å². The van der Waals surface area contributed by atoms with Crippen molar-refractivity contribution in [1.82, 2.24) is 10.3 Å². The summed E-state index contributed by atoms with van der Waals surface area (Å²) < 4.78 is 5.68. The number of benzene rings is 2. The van der Waals surface area contributed by atoms with E-state index in [2.05, 4.69) is 15.6 Å². The Kier molecular flexibility index (Phi) is 5.79. The normalized spacial score (nSPS) is 10.1. The highest BCUT2D eigenvalue weighted by Crippen LogP contribution is 2.16. The fourth-order valence-corrected chi connectivity index (χ4v) is 2.44. The van der Waals surface area contributed by atoms with Crippen molar-refractivity contribution >= 4 is 17.5 Å². The predicted octanol–water partition coefficient (Wildman–Crippen LogP) is 3.27. The molecule has 3 aromatic rings. The Labute approximate surface area is 157 Å². The Morgan fingerprint density at radius 1 is 0.963 bits per heavy atom. The standard InChI is InChI=1S/C21H19N3O3/c1-22-20(25)17-5-2-6-18(12-17)24-21(26)16-7-9-19(10-8-16)27-14-15-4-3-11-23-13-15/h2-13H,14H2,1H3,(H,22,25)(H,24,26). The van der Waals surface area contributed by atoms with Crippen molar-refractivity contribution in [2.75, 3.05) is 12.4 Å². The summed E-state index contributed by atoms with van der Waals surface area (Å²) in [5, 5.41) is 5.34. The number of ether oxygens (including phenoxy) is 1. The van der Waals surface area contributed by atoms with Crippen LogP contribution in [-0.4, -0.2) is 23.8 Å². The van der Waals surface area contributed by atoms with Gasteiger partial charge in [-0.1, -0.05) is 12.1 Å². The van der Waals surface area contributed by atoms with Gasteiger partial charge < -0.3 is 15.4 Å². The Bertz CT molecular complexity index is 925. The summed E-state index contributed by atoms with van der Waals surface area (Å²) in [7, 11) is 1.56. The van der Waals surface area contributed by atoms with E-state index in [4.69, 9.17) is 4.74 Å². The van der Waals surface area contributed by atoms with E-state index in [0.29, 0.717) is 29.2 Å². The number of rotatable bonds is 6. The van der Waals surface area contributed by atoms with Gasteiger partial charge in [-0.05, 0) is 48.5 Å². The minimum Gasteiger partial charge on any atom is -0.489 e. The molecule has 0 aliphatic heterocycles. The van der Waals surface area contributed by atoms with Crippen LogP contribution in [0, 0.1) is 0 Å². The van der Waals surface area contributed by atoms with Gasteiger partial charge in [-0.25, -0.2) is 0 Å². The van der Waals surface area contributed by atoms with Crippen LogP contribution in [0.3, 0.4) is 0 Å². The zero-order valence-electron chi connectivity index (χ0n) is 14.8. The van der Waals surface area contributed by atoms with Gasteiger partial charge in [0.25, 0.3) is 11.8 Å². The molecule has 0 aliphatic carbocycles. The van der Waals surface area contributed by atoms with Crippen molar-refractivity contribution in [3.63, 3.8) is 0 Å². The van der Waals surface area contributed by atoms with Gasteiger partial charge in [0.1, 0.15) is 12.4 Å². The molecule has 2 amide bonds. The van der Waals surface area contributed by atoms with E-state index in [-0.39, 0.29) is 11.8 Å². The van der Waals surface area contributed by atoms with Crippen molar-refractivity contribution < 1.29 is 14.3 Å². The van der Waals surface area contributed by atoms with E-state index in [1.54, 1.807) is 68.0 Å². The SMILES string of the molecule is CNC(=O)c1cccc(NC(=O)c2ccc(OCc3cccnc3)cc2)c1. The third-order valence-corrected chi connectivity index (χ3v) is 3.85. The Hall–Kier alpha value is -3.67. The molecule has 0 saturated carbocycles. The largest absolute Gasteiger partial charge is 0.489 e. The fraction of sp³-hybridized carbons (Fsp3) is 0.0952. The number of nitrogens with one attached hydrogen (secondary N) is 2. The van der Waals surface area contributed by atoms with E-state index >= 15 is 0 Å². The number of hydrogen-bond acceptors (Lipinski definition) is 4. The first-order valence-corrected chi connectivity index (χ1v) is 8.41. The van der Waals surface area contributed by atoms with Gasteiger partial charge >= 0.3 is 0 Å². The number of anilines is 1. The summed E-state index contributed by atoms with van der Waals surface area (Å²) in [5.74, 6) is 0.195. The van der Waals surface area contributed by atoms with Crippen molar-refractivity contribution in [3.05, 3.63) is 89.7 Å². The molecule has 136 valence electrons. The van der Waals surface area contributed by atoms with Gasteiger partial charge in [0, 0.05) is 41.8 Å². The molecule has 0 unspecified atom stereocenters. The Morgan fingerprint density at radius 3 is 2.48 bits per heavy atom. The third kappa shape index (κ3) is 4.92. The van der Waals surface area contributed by atoms with Crippen LogP contribution in [0.25, 0.3) is 0 Å². The second-order valence-corrected chi connectivity index (χ2v) is 5.79. The van der Waals surface area contributed by atoms with Crippen LogP contribution < -0.4 is 15.4 Å². The summed E-state index contributed by atoms with van der Waals surface area (Å²) in [6.07, 6.45) is 3.45. The zero-order valence-corrected chi connectivity index (χ0v) is 14.8. The van der Waals surface area contributed by atoms with Crippen molar-refractivity contribution in [1.29, 1.82) is 0 Å². The van der Waals surface area contributed by atoms with E-state index in [0.717, 1.165) is 5.56 Å². The summed E-state index contributed by atoms with van der Waals surface area (Å²) in [5.41, 5.74) is 2.50. The first-order chi connectivity index (χ1) is 13.2. The monoisotopic (exact) mass is 361 g/mol. The van der Waals surface area contributed by atoms with Crippen molar-refractivity contribution in [2.45, 2.75) is 6.61 Å². The van der Waals surface area contributed by atoms with Crippen LogP contribution in [0.5, 0.6) is 5.75 Å². The molecule has 27 heavy (non-hydrogen) atoms.